The molecule has 20 heavy (non-hydrogen) atoms. The molecule has 3 rings (SSSR count). The van der Waals surface area contributed by atoms with E-state index >= 15 is 0 Å². The summed E-state index contributed by atoms with van der Waals surface area (Å²) in [7, 11) is 0. The fraction of sp³-hybridized carbons (Fsp3) is 0.438. The highest BCUT2D eigenvalue weighted by atomic mass is 35.5. The first-order valence-electron chi connectivity index (χ1n) is 7.10. The lowest BCUT2D eigenvalue weighted by Gasteiger charge is -2.15. The predicted octanol–water partition coefficient (Wildman–Crippen LogP) is 3.40. The Morgan fingerprint density at radius 1 is 1.40 bits per heavy atom. The molecule has 106 valence electrons. The standard InChI is InChI=1S/C16H19ClN2O/c1-11-12(6-8-20-11)9-18-10-13-4-5-15(17)14-3-2-7-19-16(13)14/h2-5,7,11-12,18H,6,8-10H2,1H3. The fourth-order valence-electron chi connectivity index (χ4n) is 2.78. The van der Waals surface area contributed by atoms with Crippen LogP contribution in [0.4, 0.5) is 0 Å². The van der Waals surface area contributed by atoms with Crippen LogP contribution < -0.4 is 5.32 Å². The van der Waals surface area contributed by atoms with E-state index in [2.05, 4.69) is 23.3 Å². The molecule has 1 aromatic heterocycles. The molecule has 3 nitrogen and oxygen atoms in total. The molecule has 4 heteroatoms. The summed E-state index contributed by atoms with van der Waals surface area (Å²) in [6, 6.07) is 7.94. The van der Waals surface area contributed by atoms with Gasteiger partial charge in [0.05, 0.1) is 11.6 Å². The molecule has 0 aliphatic carbocycles. The molecule has 1 fully saturated rings. The Morgan fingerprint density at radius 2 is 2.30 bits per heavy atom. The Labute approximate surface area is 124 Å². The number of ether oxygens (including phenoxy) is 1. The van der Waals surface area contributed by atoms with Gasteiger partial charge in [-0.15, -0.1) is 0 Å². The molecule has 1 aliphatic rings. The van der Waals surface area contributed by atoms with E-state index in [1.165, 1.54) is 5.56 Å². The van der Waals surface area contributed by atoms with E-state index in [0.29, 0.717) is 12.0 Å². The van der Waals surface area contributed by atoms with Crippen molar-refractivity contribution in [1.82, 2.24) is 10.3 Å². The number of aromatic nitrogens is 1. The third-order valence-corrected chi connectivity index (χ3v) is 4.38. The molecule has 2 aromatic rings. The SMILES string of the molecule is CC1OCCC1CNCc1ccc(Cl)c2cccnc12. The van der Waals surface area contributed by atoms with E-state index < -0.39 is 0 Å². The van der Waals surface area contributed by atoms with Crippen molar-refractivity contribution in [2.45, 2.75) is 26.0 Å². The van der Waals surface area contributed by atoms with Crippen molar-refractivity contribution in [2.24, 2.45) is 5.92 Å². The largest absolute Gasteiger partial charge is 0.378 e. The third kappa shape index (κ3) is 2.80. The van der Waals surface area contributed by atoms with Gasteiger partial charge in [0.25, 0.3) is 0 Å². The maximum atomic E-state index is 6.21. The Balaban J connectivity index is 1.70. The summed E-state index contributed by atoms with van der Waals surface area (Å²) in [6.07, 6.45) is 3.32. The van der Waals surface area contributed by atoms with Gasteiger partial charge in [-0.2, -0.15) is 0 Å². The third-order valence-electron chi connectivity index (χ3n) is 4.06. The van der Waals surface area contributed by atoms with E-state index in [9.17, 15) is 0 Å². The number of benzene rings is 1. The van der Waals surface area contributed by atoms with Gasteiger partial charge < -0.3 is 10.1 Å². The van der Waals surface area contributed by atoms with Crippen molar-refractivity contribution in [3.63, 3.8) is 0 Å². The lowest BCUT2D eigenvalue weighted by molar-refractivity contribution is 0.105. The van der Waals surface area contributed by atoms with Crippen molar-refractivity contribution in [2.75, 3.05) is 13.2 Å². The van der Waals surface area contributed by atoms with Crippen LogP contribution in [-0.4, -0.2) is 24.2 Å². The zero-order chi connectivity index (χ0) is 13.9. The van der Waals surface area contributed by atoms with Crippen molar-refractivity contribution in [3.05, 3.63) is 41.0 Å². The van der Waals surface area contributed by atoms with Gasteiger partial charge in [0.1, 0.15) is 0 Å². The van der Waals surface area contributed by atoms with Gasteiger partial charge >= 0.3 is 0 Å². The van der Waals surface area contributed by atoms with Crippen LogP contribution in [0, 0.1) is 5.92 Å². The number of nitrogens with zero attached hydrogens (tertiary/aromatic N) is 1. The average molecular weight is 291 g/mol. The summed E-state index contributed by atoms with van der Waals surface area (Å²) in [5.41, 5.74) is 2.18. The van der Waals surface area contributed by atoms with Gasteiger partial charge in [-0.25, -0.2) is 0 Å². The van der Waals surface area contributed by atoms with Crippen molar-refractivity contribution < 1.29 is 4.74 Å². The summed E-state index contributed by atoms with van der Waals surface area (Å²) >= 11 is 6.21. The van der Waals surface area contributed by atoms with E-state index in [1.54, 1.807) is 0 Å². The normalized spacial score (nSPS) is 22.5. The molecule has 0 radical (unpaired) electrons. The topological polar surface area (TPSA) is 34.1 Å². The number of hydrogen-bond donors (Lipinski definition) is 1. The molecule has 1 aliphatic heterocycles. The number of halogens is 1. The highest BCUT2D eigenvalue weighted by Gasteiger charge is 2.23. The zero-order valence-corrected chi connectivity index (χ0v) is 12.4. The first kappa shape index (κ1) is 13.8. The number of nitrogens with one attached hydrogen (secondary N) is 1. The minimum absolute atomic E-state index is 0.364. The van der Waals surface area contributed by atoms with Crippen LogP contribution in [0.1, 0.15) is 18.9 Å². The highest BCUT2D eigenvalue weighted by molar-refractivity contribution is 6.35. The second-order valence-electron chi connectivity index (χ2n) is 5.36. The number of fused-ring (bicyclic) bond motifs is 1. The van der Waals surface area contributed by atoms with Crippen molar-refractivity contribution >= 4 is 22.5 Å². The summed E-state index contributed by atoms with van der Waals surface area (Å²) in [4.78, 5) is 4.46. The van der Waals surface area contributed by atoms with Crippen LogP contribution >= 0.6 is 11.6 Å². The molecular weight excluding hydrogens is 272 g/mol. The summed E-state index contributed by atoms with van der Waals surface area (Å²) < 4.78 is 5.58. The lowest BCUT2D eigenvalue weighted by atomic mass is 10.0. The smallest absolute Gasteiger partial charge is 0.0761 e. The molecule has 2 atom stereocenters. The quantitative estimate of drug-likeness (QED) is 0.937. The Bertz CT molecular complexity index is 602. The fourth-order valence-corrected chi connectivity index (χ4v) is 2.99. The monoisotopic (exact) mass is 290 g/mol. The second-order valence-corrected chi connectivity index (χ2v) is 5.77. The molecule has 0 amide bonds. The van der Waals surface area contributed by atoms with E-state index in [0.717, 1.165) is 42.0 Å². The van der Waals surface area contributed by atoms with Crippen LogP contribution in [0.5, 0.6) is 0 Å². The maximum Gasteiger partial charge on any atom is 0.0761 e. The van der Waals surface area contributed by atoms with E-state index in [-0.39, 0.29) is 0 Å². The Morgan fingerprint density at radius 3 is 3.10 bits per heavy atom. The predicted molar refractivity (Wildman–Crippen MR) is 82.0 cm³/mol. The van der Waals surface area contributed by atoms with Crippen LogP contribution in [0.3, 0.4) is 0 Å². The van der Waals surface area contributed by atoms with Gasteiger partial charge in [-0.05, 0) is 43.0 Å². The van der Waals surface area contributed by atoms with E-state index in [1.807, 2.05) is 24.4 Å². The Kier molecular flexibility index (Phi) is 4.20. The molecule has 0 bridgehead atoms. The first-order chi connectivity index (χ1) is 9.75. The van der Waals surface area contributed by atoms with E-state index in [4.69, 9.17) is 16.3 Å². The lowest BCUT2D eigenvalue weighted by Crippen LogP contribution is -2.26. The molecule has 2 heterocycles. The highest BCUT2D eigenvalue weighted by Crippen LogP contribution is 2.25. The molecule has 0 saturated carbocycles. The minimum atomic E-state index is 0.364. The van der Waals surface area contributed by atoms with Gasteiger partial charge in [-0.1, -0.05) is 17.7 Å². The van der Waals surface area contributed by atoms with Gasteiger partial charge in [0, 0.05) is 36.3 Å². The van der Waals surface area contributed by atoms with Gasteiger partial charge in [-0.3, -0.25) is 4.98 Å². The molecule has 0 spiro atoms. The first-order valence-corrected chi connectivity index (χ1v) is 7.48. The number of hydrogen-bond acceptors (Lipinski definition) is 3. The zero-order valence-electron chi connectivity index (χ0n) is 11.6. The van der Waals surface area contributed by atoms with Gasteiger partial charge in [0.15, 0.2) is 0 Å². The van der Waals surface area contributed by atoms with Crippen molar-refractivity contribution in [3.8, 4) is 0 Å². The average Bonchev–Trinajstić information content (AvgIpc) is 2.87. The van der Waals surface area contributed by atoms with Crippen LogP contribution in [0.25, 0.3) is 10.9 Å². The van der Waals surface area contributed by atoms with Crippen LogP contribution in [-0.2, 0) is 11.3 Å². The molecular formula is C16H19ClN2O. The van der Waals surface area contributed by atoms with Crippen molar-refractivity contribution in [1.29, 1.82) is 0 Å². The van der Waals surface area contributed by atoms with Gasteiger partial charge in [0.2, 0.25) is 0 Å². The number of pyridine rings is 1. The van der Waals surface area contributed by atoms with Crippen LogP contribution in [0.2, 0.25) is 5.02 Å². The molecule has 1 aromatic carbocycles. The Hall–Kier alpha value is -1.16. The minimum Gasteiger partial charge on any atom is -0.378 e. The molecule has 1 N–H and O–H groups in total. The van der Waals surface area contributed by atoms with Crippen LogP contribution in [0.15, 0.2) is 30.5 Å². The molecule has 1 saturated heterocycles. The summed E-state index contributed by atoms with van der Waals surface area (Å²) in [6.45, 7) is 4.84. The molecule has 2 unspecified atom stereocenters. The summed E-state index contributed by atoms with van der Waals surface area (Å²) in [5, 5.41) is 5.30. The maximum absolute atomic E-state index is 6.21. The second kappa shape index (κ2) is 6.08. The summed E-state index contributed by atoms with van der Waals surface area (Å²) in [5.74, 6) is 0.613. The number of rotatable bonds is 4.